The molecule has 2 aromatic carbocycles. The number of rotatable bonds is 6. The van der Waals surface area contributed by atoms with Gasteiger partial charge in [-0.15, -0.1) is 0 Å². The van der Waals surface area contributed by atoms with Crippen molar-refractivity contribution in [3.63, 3.8) is 0 Å². The Bertz CT molecular complexity index is 879. The molecule has 0 aliphatic carbocycles. The number of anilines is 1. The van der Waals surface area contributed by atoms with Gasteiger partial charge in [0.1, 0.15) is 11.1 Å². The second-order valence-corrected chi connectivity index (χ2v) is 7.96. The minimum Gasteiger partial charge on any atom is -0.364 e. The lowest BCUT2D eigenvalue weighted by Gasteiger charge is -2.28. The predicted molar refractivity (Wildman–Crippen MR) is 101 cm³/mol. The second kappa shape index (κ2) is 7.88. The Balaban J connectivity index is 1.71. The molecule has 3 rings (SSSR count). The summed E-state index contributed by atoms with van der Waals surface area (Å²) in [5.41, 5.74) is 1.86. The van der Waals surface area contributed by atoms with Gasteiger partial charge < -0.3 is 10.6 Å². The maximum Gasteiger partial charge on any atom is 0.251 e. The van der Waals surface area contributed by atoms with Crippen molar-refractivity contribution in [1.29, 1.82) is 0 Å². The first kappa shape index (κ1) is 18.4. The summed E-state index contributed by atoms with van der Waals surface area (Å²) < 4.78 is 27.4. The van der Waals surface area contributed by atoms with Gasteiger partial charge in [0.25, 0.3) is 5.91 Å². The fraction of sp³-hybridized carbons (Fsp3) is 0.316. The number of carbonyl (C=O) groups is 1. The van der Waals surface area contributed by atoms with Gasteiger partial charge in [-0.25, -0.2) is 8.42 Å². The molecule has 0 unspecified atom stereocenters. The molecule has 0 bridgehead atoms. The zero-order chi connectivity index (χ0) is 18.6. The molecule has 1 amide bonds. The summed E-state index contributed by atoms with van der Waals surface area (Å²) in [5.74, 6) is -0.116. The largest absolute Gasteiger partial charge is 0.364 e. The van der Waals surface area contributed by atoms with Crippen molar-refractivity contribution in [2.24, 2.45) is 0 Å². The molecule has 26 heavy (non-hydrogen) atoms. The number of unbranched alkanes of at least 4 members (excludes halogenated alkanes) is 2. The number of carbonyl (C=O) groups excluding carboxylic acids is 1. The first-order valence-corrected chi connectivity index (χ1v) is 10.3. The van der Waals surface area contributed by atoms with E-state index in [2.05, 4.69) is 22.3 Å². The molecule has 6 nitrogen and oxygen atoms in total. The van der Waals surface area contributed by atoms with Crippen LogP contribution in [0.15, 0.2) is 53.4 Å². The lowest BCUT2D eigenvalue weighted by molar-refractivity contribution is 0.0953. The van der Waals surface area contributed by atoms with Gasteiger partial charge in [-0.1, -0.05) is 44.0 Å². The van der Waals surface area contributed by atoms with Crippen molar-refractivity contribution in [3.8, 4) is 0 Å². The SMILES string of the molecule is CCCCCNC(=O)c1ccc([C@@H]2Nc3ccccc3S(=O)(=O)N2)cc1. The molecular weight excluding hydrogens is 350 g/mol. The Hall–Kier alpha value is -2.38. The van der Waals surface area contributed by atoms with E-state index in [4.69, 9.17) is 0 Å². The summed E-state index contributed by atoms with van der Waals surface area (Å²) in [6, 6.07) is 13.7. The summed E-state index contributed by atoms with van der Waals surface area (Å²) in [6.07, 6.45) is 2.59. The number of hydrogen-bond acceptors (Lipinski definition) is 4. The van der Waals surface area contributed by atoms with Gasteiger partial charge >= 0.3 is 0 Å². The van der Waals surface area contributed by atoms with Crippen molar-refractivity contribution >= 4 is 21.6 Å². The molecule has 2 aromatic rings. The van der Waals surface area contributed by atoms with Gasteiger partial charge in [0.15, 0.2) is 0 Å². The van der Waals surface area contributed by atoms with E-state index in [-0.39, 0.29) is 10.8 Å². The Kier molecular flexibility index (Phi) is 5.58. The normalized spacial score (nSPS) is 17.8. The summed E-state index contributed by atoms with van der Waals surface area (Å²) >= 11 is 0. The maximum absolute atomic E-state index is 12.4. The number of amides is 1. The quantitative estimate of drug-likeness (QED) is 0.679. The number of fused-ring (bicyclic) bond motifs is 1. The van der Waals surface area contributed by atoms with Crippen LogP contribution in [0.25, 0.3) is 0 Å². The molecule has 0 saturated carbocycles. The highest BCUT2D eigenvalue weighted by Gasteiger charge is 2.29. The van der Waals surface area contributed by atoms with Gasteiger partial charge in [0.2, 0.25) is 10.0 Å². The van der Waals surface area contributed by atoms with Crippen molar-refractivity contribution in [2.45, 2.75) is 37.2 Å². The zero-order valence-corrected chi connectivity index (χ0v) is 15.5. The lowest BCUT2D eigenvalue weighted by Crippen LogP contribution is -2.38. The monoisotopic (exact) mass is 373 g/mol. The predicted octanol–water partition coefficient (Wildman–Crippen LogP) is 3.01. The van der Waals surface area contributed by atoms with Crippen molar-refractivity contribution in [2.75, 3.05) is 11.9 Å². The average molecular weight is 373 g/mol. The maximum atomic E-state index is 12.4. The number of nitrogens with one attached hydrogen (secondary N) is 3. The van der Waals surface area contributed by atoms with Crippen LogP contribution in [-0.4, -0.2) is 20.9 Å². The first-order chi connectivity index (χ1) is 12.5. The lowest BCUT2D eigenvalue weighted by atomic mass is 10.1. The smallest absolute Gasteiger partial charge is 0.251 e. The summed E-state index contributed by atoms with van der Waals surface area (Å²) in [6.45, 7) is 2.78. The fourth-order valence-electron chi connectivity index (χ4n) is 2.88. The summed E-state index contributed by atoms with van der Waals surface area (Å²) in [4.78, 5) is 12.4. The van der Waals surface area contributed by atoms with Gasteiger partial charge in [-0.2, -0.15) is 4.72 Å². The van der Waals surface area contributed by atoms with Crippen LogP contribution in [0.1, 0.15) is 48.3 Å². The molecule has 3 N–H and O–H groups in total. The van der Waals surface area contributed by atoms with E-state index in [9.17, 15) is 13.2 Å². The molecule has 1 heterocycles. The Morgan fingerprint density at radius 1 is 1.08 bits per heavy atom. The number of sulfonamides is 1. The van der Waals surface area contributed by atoms with Gasteiger partial charge in [0.05, 0.1) is 5.69 Å². The minimum atomic E-state index is -3.58. The molecule has 0 radical (unpaired) electrons. The molecule has 0 saturated heterocycles. The molecule has 1 atom stereocenters. The highest BCUT2D eigenvalue weighted by Crippen LogP contribution is 2.30. The van der Waals surface area contributed by atoms with Crippen LogP contribution >= 0.6 is 0 Å². The Labute approximate surface area is 154 Å². The van der Waals surface area contributed by atoms with Crippen LogP contribution in [0, 0.1) is 0 Å². The van der Waals surface area contributed by atoms with Gasteiger partial charge in [-0.05, 0) is 36.2 Å². The van der Waals surface area contributed by atoms with Crippen LogP contribution in [0.4, 0.5) is 5.69 Å². The number of benzene rings is 2. The summed E-state index contributed by atoms with van der Waals surface area (Å²) in [7, 11) is -3.58. The molecule has 0 aromatic heterocycles. The molecule has 7 heteroatoms. The molecule has 1 aliphatic rings. The zero-order valence-electron chi connectivity index (χ0n) is 14.7. The Morgan fingerprint density at radius 3 is 2.54 bits per heavy atom. The van der Waals surface area contributed by atoms with E-state index in [1.165, 1.54) is 0 Å². The average Bonchev–Trinajstić information content (AvgIpc) is 2.65. The topological polar surface area (TPSA) is 87.3 Å². The van der Waals surface area contributed by atoms with E-state index in [0.29, 0.717) is 17.8 Å². The van der Waals surface area contributed by atoms with E-state index in [1.54, 1.807) is 48.5 Å². The van der Waals surface area contributed by atoms with Crippen molar-refractivity contribution in [1.82, 2.24) is 10.0 Å². The standard InChI is InChI=1S/C19H23N3O3S/c1-2-3-6-13-20-19(23)15-11-9-14(10-12-15)18-21-16-7-4-5-8-17(16)26(24,25)22-18/h4-5,7-12,18,21-22H,2-3,6,13H2,1H3,(H,20,23)/t18-/m1/s1. The molecule has 0 spiro atoms. The van der Waals surface area contributed by atoms with Crippen LogP contribution in [-0.2, 0) is 10.0 Å². The van der Waals surface area contributed by atoms with Crippen LogP contribution in [0.5, 0.6) is 0 Å². The molecule has 0 fully saturated rings. The Morgan fingerprint density at radius 2 is 1.81 bits per heavy atom. The molecule has 1 aliphatic heterocycles. The van der Waals surface area contributed by atoms with E-state index in [1.807, 2.05) is 0 Å². The first-order valence-electron chi connectivity index (χ1n) is 8.77. The highest BCUT2D eigenvalue weighted by molar-refractivity contribution is 7.89. The second-order valence-electron chi connectivity index (χ2n) is 6.28. The molecule has 138 valence electrons. The van der Waals surface area contributed by atoms with Crippen LogP contribution in [0.3, 0.4) is 0 Å². The van der Waals surface area contributed by atoms with Crippen molar-refractivity contribution in [3.05, 3.63) is 59.7 Å². The third-order valence-electron chi connectivity index (χ3n) is 4.32. The summed E-state index contributed by atoms with van der Waals surface area (Å²) in [5, 5.41) is 6.07. The third-order valence-corrected chi connectivity index (χ3v) is 5.80. The fourth-order valence-corrected chi connectivity index (χ4v) is 4.19. The van der Waals surface area contributed by atoms with E-state index in [0.717, 1.165) is 24.8 Å². The van der Waals surface area contributed by atoms with E-state index >= 15 is 0 Å². The number of hydrogen-bond donors (Lipinski definition) is 3. The van der Waals surface area contributed by atoms with Gasteiger partial charge in [-0.3, -0.25) is 4.79 Å². The van der Waals surface area contributed by atoms with Crippen LogP contribution < -0.4 is 15.4 Å². The highest BCUT2D eigenvalue weighted by atomic mass is 32.2. The minimum absolute atomic E-state index is 0.116. The third kappa shape index (κ3) is 4.05. The van der Waals surface area contributed by atoms with Crippen molar-refractivity contribution < 1.29 is 13.2 Å². The van der Waals surface area contributed by atoms with Crippen LogP contribution in [0.2, 0.25) is 0 Å². The van der Waals surface area contributed by atoms with Gasteiger partial charge in [0, 0.05) is 12.1 Å². The molecular formula is C19H23N3O3S. The van der Waals surface area contributed by atoms with E-state index < -0.39 is 16.2 Å². The number of para-hydroxylation sites is 1.